The van der Waals surface area contributed by atoms with E-state index in [9.17, 15) is 14.4 Å². The van der Waals surface area contributed by atoms with Crippen LogP contribution in [0.2, 0.25) is 0 Å². The summed E-state index contributed by atoms with van der Waals surface area (Å²) in [5.41, 5.74) is 3.07. The standard InChI is InChI=1S/C24H28BrNO5S/c1-5-32-11-10-31-24(29)19-14(3)26-17-12-13(2)18(23(28)30-4)22(27)21(17)20(19)15-6-8-16(25)9-7-15/h6-9,13,18,20,26H,5,10-12H2,1-4H3. The number of ether oxygens (including phenoxy) is 2. The van der Waals surface area contributed by atoms with Gasteiger partial charge in [0.25, 0.3) is 0 Å². The van der Waals surface area contributed by atoms with Crippen molar-refractivity contribution in [3.05, 3.63) is 56.8 Å². The van der Waals surface area contributed by atoms with Crippen molar-refractivity contribution >= 4 is 45.4 Å². The quantitative estimate of drug-likeness (QED) is 0.324. The van der Waals surface area contributed by atoms with E-state index < -0.39 is 23.8 Å². The number of ketones is 1. The van der Waals surface area contributed by atoms with Crippen molar-refractivity contribution < 1.29 is 23.9 Å². The highest BCUT2D eigenvalue weighted by Crippen LogP contribution is 2.45. The van der Waals surface area contributed by atoms with E-state index in [1.54, 1.807) is 11.8 Å². The second-order valence-electron chi connectivity index (χ2n) is 7.92. The summed E-state index contributed by atoms with van der Waals surface area (Å²) in [4.78, 5) is 39.2. The third kappa shape index (κ3) is 4.96. The molecule has 0 saturated heterocycles. The van der Waals surface area contributed by atoms with Crippen molar-refractivity contribution in [1.29, 1.82) is 0 Å². The maximum atomic E-state index is 13.6. The van der Waals surface area contributed by atoms with Crippen LogP contribution in [0.5, 0.6) is 0 Å². The number of halogens is 1. The number of thioether (sulfide) groups is 1. The van der Waals surface area contributed by atoms with E-state index in [1.165, 1.54) is 7.11 Å². The highest BCUT2D eigenvalue weighted by Gasteiger charge is 2.47. The Kier molecular flexibility index (Phi) is 8.22. The van der Waals surface area contributed by atoms with Gasteiger partial charge in [0.15, 0.2) is 5.78 Å². The maximum Gasteiger partial charge on any atom is 0.336 e. The summed E-state index contributed by atoms with van der Waals surface area (Å²) < 4.78 is 11.4. The van der Waals surface area contributed by atoms with Gasteiger partial charge in [0.1, 0.15) is 12.5 Å². The molecule has 2 aliphatic rings. The molecule has 3 unspecified atom stereocenters. The smallest absolute Gasteiger partial charge is 0.336 e. The molecule has 0 amide bonds. The van der Waals surface area contributed by atoms with Crippen molar-refractivity contribution in [2.24, 2.45) is 11.8 Å². The number of carbonyl (C=O) groups is 3. The Morgan fingerprint density at radius 2 is 1.94 bits per heavy atom. The van der Waals surface area contributed by atoms with Crippen LogP contribution in [0, 0.1) is 11.8 Å². The number of Topliss-reactive ketones (excluding diaryl/α,β-unsaturated/α-hetero) is 1. The lowest BCUT2D eigenvalue weighted by Gasteiger charge is -2.38. The minimum atomic E-state index is -0.893. The Morgan fingerprint density at radius 1 is 1.25 bits per heavy atom. The molecule has 0 bridgehead atoms. The van der Waals surface area contributed by atoms with Crippen LogP contribution in [0.3, 0.4) is 0 Å². The van der Waals surface area contributed by atoms with Crippen molar-refractivity contribution in [3.8, 4) is 0 Å². The summed E-state index contributed by atoms with van der Waals surface area (Å²) in [6.07, 6.45) is 0.515. The number of esters is 2. The normalized spacial score (nSPS) is 22.9. The first kappa shape index (κ1) is 24.6. The van der Waals surface area contributed by atoms with Gasteiger partial charge < -0.3 is 14.8 Å². The molecule has 3 rings (SSSR count). The van der Waals surface area contributed by atoms with Crippen molar-refractivity contribution in [1.82, 2.24) is 5.32 Å². The molecule has 172 valence electrons. The van der Waals surface area contributed by atoms with Crippen molar-refractivity contribution in [3.63, 3.8) is 0 Å². The predicted octanol–water partition coefficient (Wildman–Crippen LogP) is 4.36. The molecule has 0 spiro atoms. The second-order valence-corrected chi connectivity index (χ2v) is 10.2. The Morgan fingerprint density at radius 3 is 2.56 bits per heavy atom. The largest absolute Gasteiger partial charge is 0.468 e. The average molecular weight is 522 g/mol. The van der Waals surface area contributed by atoms with Crippen LogP contribution < -0.4 is 5.32 Å². The number of hydrogen-bond donors (Lipinski definition) is 1. The Labute approximate surface area is 201 Å². The lowest BCUT2D eigenvalue weighted by atomic mass is 9.69. The molecule has 0 fully saturated rings. The van der Waals surface area contributed by atoms with Gasteiger partial charge in [-0.15, -0.1) is 0 Å². The van der Waals surface area contributed by atoms with Crippen LogP contribution in [0.4, 0.5) is 0 Å². The molecule has 1 aromatic rings. The molecular formula is C24H28BrNO5S. The molecule has 0 radical (unpaired) electrons. The van der Waals surface area contributed by atoms with Crippen LogP contribution in [-0.4, -0.2) is 42.9 Å². The third-order valence-electron chi connectivity index (χ3n) is 5.83. The predicted molar refractivity (Wildman–Crippen MR) is 128 cm³/mol. The van der Waals surface area contributed by atoms with Gasteiger partial charge in [-0.2, -0.15) is 11.8 Å². The van der Waals surface area contributed by atoms with E-state index in [1.807, 2.05) is 38.1 Å². The summed E-state index contributed by atoms with van der Waals surface area (Å²) in [6.45, 7) is 6.04. The Balaban J connectivity index is 2.06. The van der Waals surface area contributed by atoms with Gasteiger partial charge in [-0.3, -0.25) is 9.59 Å². The van der Waals surface area contributed by atoms with Crippen LogP contribution in [0.15, 0.2) is 51.3 Å². The van der Waals surface area contributed by atoms with Gasteiger partial charge in [0.05, 0.1) is 12.7 Å². The Bertz CT molecular complexity index is 969. The van der Waals surface area contributed by atoms with Gasteiger partial charge in [0, 0.05) is 33.1 Å². The van der Waals surface area contributed by atoms with E-state index in [2.05, 4.69) is 28.2 Å². The number of methoxy groups -OCH3 is 1. The molecule has 1 N–H and O–H groups in total. The van der Waals surface area contributed by atoms with Crippen LogP contribution in [0.1, 0.15) is 38.7 Å². The molecule has 1 aromatic carbocycles. The van der Waals surface area contributed by atoms with Gasteiger partial charge in [-0.25, -0.2) is 4.79 Å². The van der Waals surface area contributed by atoms with E-state index in [0.717, 1.165) is 21.5 Å². The molecule has 0 aromatic heterocycles. The first-order chi connectivity index (χ1) is 15.3. The summed E-state index contributed by atoms with van der Waals surface area (Å²) >= 11 is 5.13. The number of rotatable bonds is 7. The minimum Gasteiger partial charge on any atom is -0.468 e. The summed E-state index contributed by atoms with van der Waals surface area (Å²) in [5, 5.41) is 3.27. The minimum absolute atomic E-state index is 0.209. The number of carbonyl (C=O) groups excluding carboxylic acids is 3. The van der Waals surface area contributed by atoms with E-state index >= 15 is 0 Å². The highest BCUT2D eigenvalue weighted by molar-refractivity contribution is 9.10. The first-order valence-corrected chi connectivity index (χ1v) is 12.6. The topological polar surface area (TPSA) is 81.7 Å². The molecule has 1 heterocycles. The SMILES string of the molecule is CCSCCOC(=O)C1=C(C)NC2=C(C(=O)C(C(=O)OC)C(C)C2)C1c1ccc(Br)cc1. The number of dihydropyridines is 1. The molecule has 8 heteroatoms. The molecule has 1 aliphatic heterocycles. The fourth-order valence-corrected chi connectivity index (χ4v) is 5.11. The summed E-state index contributed by atoms with van der Waals surface area (Å²) in [6, 6.07) is 7.52. The fourth-order valence-electron chi connectivity index (χ4n) is 4.36. The molecule has 0 saturated carbocycles. The maximum absolute atomic E-state index is 13.6. The van der Waals surface area contributed by atoms with E-state index in [0.29, 0.717) is 35.6 Å². The van der Waals surface area contributed by atoms with Crippen LogP contribution in [-0.2, 0) is 23.9 Å². The zero-order chi connectivity index (χ0) is 23.4. The molecular weight excluding hydrogens is 494 g/mol. The third-order valence-corrected chi connectivity index (χ3v) is 7.22. The summed E-state index contributed by atoms with van der Waals surface area (Å²) in [7, 11) is 1.29. The lowest BCUT2D eigenvalue weighted by molar-refractivity contribution is -0.151. The highest BCUT2D eigenvalue weighted by atomic mass is 79.9. The van der Waals surface area contributed by atoms with Gasteiger partial charge in [-0.1, -0.05) is 41.9 Å². The zero-order valence-corrected chi connectivity index (χ0v) is 21.1. The van der Waals surface area contributed by atoms with Gasteiger partial charge in [0.2, 0.25) is 0 Å². The van der Waals surface area contributed by atoms with Crippen molar-refractivity contribution in [2.45, 2.75) is 33.1 Å². The van der Waals surface area contributed by atoms with Crippen molar-refractivity contribution in [2.75, 3.05) is 25.2 Å². The first-order valence-electron chi connectivity index (χ1n) is 10.6. The van der Waals surface area contributed by atoms with Gasteiger partial charge in [-0.05, 0) is 42.7 Å². The van der Waals surface area contributed by atoms with E-state index in [-0.39, 0.29) is 11.7 Å². The molecule has 32 heavy (non-hydrogen) atoms. The molecule has 3 atom stereocenters. The number of nitrogens with one attached hydrogen (secondary N) is 1. The van der Waals surface area contributed by atoms with Gasteiger partial charge >= 0.3 is 11.9 Å². The zero-order valence-electron chi connectivity index (χ0n) is 18.7. The number of allylic oxidation sites excluding steroid dienone is 3. The number of hydrogen-bond acceptors (Lipinski definition) is 7. The lowest BCUT2D eigenvalue weighted by Crippen LogP contribution is -2.43. The Hall–Kier alpha value is -2.06. The molecule has 1 aliphatic carbocycles. The monoisotopic (exact) mass is 521 g/mol. The second kappa shape index (κ2) is 10.7. The van der Waals surface area contributed by atoms with E-state index in [4.69, 9.17) is 9.47 Å². The average Bonchev–Trinajstić information content (AvgIpc) is 2.76. The van der Waals surface area contributed by atoms with Crippen LogP contribution >= 0.6 is 27.7 Å². The number of benzene rings is 1. The molecule has 6 nitrogen and oxygen atoms in total. The summed E-state index contributed by atoms with van der Waals surface area (Å²) in [5.74, 6) is -1.36. The van der Waals surface area contributed by atoms with Crippen LogP contribution in [0.25, 0.3) is 0 Å². The fraction of sp³-hybridized carbons (Fsp3) is 0.458.